The Labute approximate surface area is 243 Å². The van der Waals surface area contributed by atoms with Crippen molar-refractivity contribution in [3.63, 3.8) is 0 Å². The van der Waals surface area contributed by atoms with Gasteiger partial charge < -0.3 is 24.4 Å². The van der Waals surface area contributed by atoms with E-state index in [4.69, 9.17) is 19.2 Å². The van der Waals surface area contributed by atoms with Crippen molar-refractivity contribution in [1.29, 1.82) is 0 Å². The summed E-state index contributed by atoms with van der Waals surface area (Å²) in [6.07, 6.45) is 0.123. The molecule has 2 heterocycles. The fourth-order valence-electron chi connectivity index (χ4n) is 4.64. The third-order valence-electron chi connectivity index (χ3n) is 6.56. The van der Waals surface area contributed by atoms with Crippen LogP contribution in [0.25, 0.3) is 0 Å². The van der Waals surface area contributed by atoms with Gasteiger partial charge in [-0.05, 0) is 47.7 Å². The summed E-state index contributed by atoms with van der Waals surface area (Å²) in [6.45, 7) is 2.79. The van der Waals surface area contributed by atoms with Crippen molar-refractivity contribution in [2.24, 2.45) is 4.99 Å². The minimum atomic E-state index is -0.571. The van der Waals surface area contributed by atoms with Crippen molar-refractivity contribution in [2.45, 2.75) is 26.0 Å². The lowest BCUT2D eigenvalue weighted by atomic mass is 9.93. The number of nitrogens with zero attached hydrogens (tertiary/aromatic N) is 2. The lowest BCUT2D eigenvalue weighted by Crippen LogP contribution is -2.38. The number of hydrogen-bond donors (Lipinski definition) is 1. The molecule has 41 heavy (non-hydrogen) atoms. The SMILES string of the molecule is COCCNC(=O)CC1=CSC2=NC(C)=C(C(=O)OCc3ccccc3)[C@@H](c3cccc(Oc4ccccc4)c3)N12. The molecule has 2 aliphatic rings. The fourth-order valence-corrected chi connectivity index (χ4v) is 5.60. The molecule has 8 nitrogen and oxygen atoms in total. The molecule has 0 fully saturated rings. The van der Waals surface area contributed by atoms with Gasteiger partial charge >= 0.3 is 5.97 Å². The summed E-state index contributed by atoms with van der Waals surface area (Å²) in [5.74, 6) is 0.723. The van der Waals surface area contributed by atoms with Crippen molar-refractivity contribution in [2.75, 3.05) is 20.3 Å². The Hall–Kier alpha value is -4.34. The molecule has 1 atom stereocenters. The van der Waals surface area contributed by atoms with Crippen LogP contribution in [0.5, 0.6) is 11.5 Å². The number of carbonyl (C=O) groups excluding carboxylic acids is 2. The Morgan fingerprint density at radius 2 is 1.71 bits per heavy atom. The topological polar surface area (TPSA) is 89.5 Å². The summed E-state index contributed by atoms with van der Waals surface area (Å²) in [6, 6.07) is 26.1. The second kappa shape index (κ2) is 13.3. The molecule has 0 spiro atoms. The maximum Gasteiger partial charge on any atom is 0.338 e. The Bertz CT molecular complexity index is 1490. The molecule has 5 rings (SSSR count). The minimum Gasteiger partial charge on any atom is -0.457 e. The van der Waals surface area contributed by atoms with Crippen LogP contribution >= 0.6 is 11.8 Å². The molecule has 0 aliphatic carbocycles. The normalized spacial score (nSPS) is 16.0. The molecule has 0 bridgehead atoms. The maximum atomic E-state index is 13.7. The first kappa shape index (κ1) is 28.2. The number of benzene rings is 3. The van der Waals surface area contributed by atoms with Gasteiger partial charge in [-0.15, -0.1) is 0 Å². The average Bonchev–Trinajstić information content (AvgIpc) is 3.38. The lowest BCUT2D eigenvalue weighted by molar-refractivity contribution is -0.141. The van der Waals surface area contributed by atoms with Gasteiger partial charge in [0.15, 0.2) is 5.17 Å². The molecule has 9 heteroatoms. The third-order valence-corrected chi connectivity index (χ3v) is 7.44. The Balaban J connectivity index is 1.47. The lowest BCUT2D eigenvalue weighted by Gasteiger charge is -2.36. The highest BCUT2D eigenvalue weighted by atomic mass is 32.2. The summed E-state index contributed by atoms with van der Waals surface area (Å²) in [7, 11) is 1.59. The number of fused-ring (bicyclic) bond motifs is 1. The Kier molecular flexibility index (Phi) is 9.18. The summed E-state index contributed by atoms with van der Waals surface area (Å²) in [5, 5.41) is 5.48. The molecular formula is C32H31N3O5S. The van der Waals surface area contributed by atoms with E-state index in [1.807, 2.05) is 102 Å². The number of methoxy groups -OCH3 is 1. The van der Waals surface area contributed by atoms with E-state index in [2.05, 4.69) is 5.32 Å². The van der Waals surface area contributed by atoms with Gasteiger partial charge in [-0.3, -0.25) is 4.79 Å². The molecule has 1 N–H and O–H groups in total. The van der Waals surface area contributed by atoms with Gasteiger partial charge in [0.25, 0.3) is 0 Å². The van der Waals surface area contributed by atoms with E-state index in [-0.39, 0.29) is 18.9 Å². The van der Waals surface area contributed by atoms with Crippen molar-refractivity contribution >= 4 is 28.8 Å². The molecule has 0 saturated heterocycles. The van der Waals surface area contributed by atoms with Gasteiger partial charge in [0.2, 0.25) is 5.91 Å². The van der Waals surface area contributed by atoms with Crippen molar-refractivity contribution in [3.8, 4) is 11.5 Å². The molecule has 0 saturated carbocycles. The van der Waals surface area contributed by atoms with Crippen LogP contribution in [0.4, 0.5) is 0 Å². The summed E-state index contributed by atoms with van der Waals surface area (Å²) in [4.78, 5) is 33.2. The second-order valence-corrected chi connectivity index (χ2v) is 10.3. The number of amides is 1. The Morgan fingerprint density at radius 1 is 0.976 bits per heavy atom. The molecule has 210 valence electrons. The van der Waals surface area contributed by atoms with Crippen LogP contribution in [0.1, 0.15) is 30.5 Å². The zero-order valence-corrected chi connectivity index (χ0v) is 23.7. The van der Waals surface area contributed by atoms with Gasteiger partial charge in [0, 0.05) is 19.4 Å². The maximum absolute atomic E-state index is 13.7. The van der Waals surface area contributed by atoms with Crippen molar-refractivity contribution in [3.05, 3.63) is 118 Å². The van der Waals surface area contributed by atoms with Gasteiger partial charge in [0.05, 0.1) is 30.3 Å². The van der Waals surface area contributed by atoms with Crippen LogP contribution in [0.3, 0.4) is 0 Å². The number of ether oxygens (including phenoxy) is 3. The van der Waals surface area contributed by atoms with Gasteiger partial charge in [-0.2, -0.15) is 0 Å². The number of carbonyl (C=O) groups is 2. The Morgan fingerprint density at radius 3 is 2.46 bits per heavy atom. The minimum absolute atomic E-state index is 0.123. The summed E-state index contributed by atoms with van der Waals surface area (Å²) >= 11 is 1.43. The van der Waals surface area contributed by atoms with Crippen molar-refractivity contribution in [1.82, 2.24) is 10.2 Å². The molecular weight excluding hydrogens is 538 g/mol. The summed E-state index contributed by atoms with van der Waals surface area (Å²) < 4.78 is 17.0. The molecule has 3 aromatic carbocycles. The molecule has 2 aliphatic heterocycles. The molecule has 0 radical (unpaired) electrons. The van der Waals surface area contributed by atoms with Crippen LogP contribution in [-0.2, 0) is 25.7 Å². The van der Waals surface area contributed by atoms with Crippen LogP contribution < -0.4 is 10.1 Å². The summed E-state index contributed by atoms with van der Waals surface area (Å²) in [5.41, 5.74) is 3.42. The first-order valence-electron chi connectivity index (χ1n) is 13.3. The highest BCUT2D eigenvalue weighted by molar-refractivity contribution is 8.16. The van der Waals surface area contributed by atoms with Crippen LogP contribution in [0.2, 0.25) is 0 Å². The monoisotopic (exact) mass is 569 g/mol. The van der Waals surface area contributed by atoms with Crippen LogP contribution in [-0.4, -0.2) is 42.2 Å². The number of amidine groups is 1. The zero-order chi connectivity index (χ0) is 28.6. The van der Waals surface area contributed by atoms with E-state index in [9.17, 15) is 9.59 Å². The molecule has 3 aromatic rings. The number of esters is 1. The number of rotatable bonds is 11. The smallest absolute Gasteiger partial charge is 0.338 e. The zero-order valence-electron chi connectivity index (χ0n) is 22.9. The van der Waals surface area contributed by atoms with Gasteiger partial charge in [0.1, 0.15) is 18.1 Å². The predicted molar refractivity (Wildman–Crippen MR) is 159 cm³/mol. The average molecular weight is 570 g/mol. The van der Waals surface area contributed by atoms with E-state index < -0.39 is 12.0 Å². The first-order valence-corrected chi connectivity index (χ1v) is 14.2. The highest BCUT2D eigenvalue weighted by Gasteiger charge is 2.41. The number of nitrogens with one attached hydrogen (secondary N) is 1. The van der Waals surface area contributed by atoms with Crippen molar-refractivity contribution < 1.29 is 23.8 Å². The van der Waals surface area contributed by atoms with E-state index in [0.717, 1.165) is 16.8 Å². The highest BCUT2D eigenvalue weighted by Crippen LogP contribution is 2.45. The van der Waals surface area contributed by atoms with E-state index >= 15 is 0 Å². The van der Waals surface area contributed by atoms with E-state index in [1.54, 1.807) is 7.11 Å². The second-order valence-electron chi connectivity index (χ2n) is 9.46. The molecule has 0 aromatic heterocycles. The number of allylic oxidation sites excluding steroid dienone is 1. The predicted octanol–water partition coefficient (Wildman–Crippen LogP) is 5.95. The van der Waals surface area contributed by atoms with E-state index in [1.165, 1.54) is 11.8 Å². The first-order chi connectivity index (χ1) is 20.0. The van der Waals surface area contributed by atoms with E-state index in [0.29, 0.717) is 41.1 Å². The standard InChI is InChI=1S/C32H31N3O5S/c1-22-29(31(37)39-20-23-10-5-3-6-11-23)30(24-12-9-15-27(18-24)40-26-13-7-4-8-14-26)35-25(21-41-32(35)34-22)19-28(36)33-16-17-38-2/h3-15,18,21,30H,16-17,19-20H2,1-2H3,(H,33,36)/t30-/m1/s1. The van der Waals surface area contributed by atoms with Crippen LogP contribution in [0, 0.1) is 0 Å². The largest absolute Gasteiger partial charge is 0.457 e. The number of thioether (sulfide) groups is 1. The number of aliphatic imine (C=N–C) groups is 1. The number of hydrogen-bond acceptors (Lipinski definition) is 8. The molecule has 1 amide bonds. The van der Waals surface area contributed by atoms with Gasteiger partial charge in [-0.1, -0.05) is 72.4 Å². The number of para-hydroxylation sites is 1. The molecule has 0 unspecified atom stereocenters. The van der Waals surface area contributed by atoms with Gasteiger partial charge in [-0.25, -0.2) is 9.79 Å². The van der Waals surface area contributed by atoms with Crippen LogP contribution in [0.15, 0.2) is 112 Å². The third kappa shape index (κ3) is 6.87. The fraction of sp³-hybridized carbons (Fsp3) is 0.219. The quantitative estimate of drug-likeness (QED) is 0.225.